The van der Waals surface area contributed by atoms with Crippen LogP contribution < -0.4 is 0 Å². The molecule has 8 fully saturated rings. The Balaban J connectivity index is 1.59. The monoisotopic (exact) mass is 358 g/mol. The Morgan fingerprint density at radius 1 is 1.08 bits per heavy atom. The Kier molecular flexibility index (Phi) is 2.24. The van der Waals surface area contributed by atoms with Crippen LogP contribution in [-0.2, 0) is 23.9 Å². The summed E-state index contributed by atoms with van der Waals surface area (Å²) < 4.78 is 11.8. The van der Waals surface area contributed by atoms with Gasteiger partial charge in [0.2, 0.25) is 11.6 Å². The molecule has 2 saturated heterocycles. The molecule has 0 radical (unpaired) electrons. The number of hydrogen-bond acceptors (Lipinski definition) is 5. The number of hydrogen-bond donors (Lipinski definition) is 0. The molecule has 0 amide bonds. The summed E-state index contributed by atoms with van der Waals surface area (Å²) in [6.07, 6.45) is 4.70. The predicted octanol–water partition coefficient (Wildman–Crippen LogP) is 2.45. The molecule has 6 saturated carbocycles. The van der Waals surface area contributed by atoms with Crippen molar-refractivity contribution in [1.82, 2.24) is 0 Å². The van der Waals surface area contributed by atoms with E-state index in [-0.39, 0.29) is 11.2 Å². The smallest absolute Gasteiger partial charge is 0.314 e. The van der Waals surface area contributed by atoms with E-state index in [0.717, 1.165) is 32.1 Å². The van der Waals surface area contributed by atoms with Crippen LogP contribution in [0.4, 0.5) is 0 Å². The Labute approximate surface area is 153 Å². The van der Waals surface area contributed by atoms with E-state index < -0.39 is 39.2 Å². The number of ether oxygens (including phenoxy) is 2. The fraction of sp³-hybridized carbons (Fsp3) is 0.857. The quantitative estimate of drug-likeness (QED) is 0.532. The van der Waals surface area contributed by atoms with Gasteiger partial charge in [0.1, 0.15) is 5.41 Å². The molecule has 0 N–H and O–H groups in total. The molecule has 2 heterocycles. The number of methoxy groups -OCH3 is 1. The first-order valence-electron chi connectivity index (χ1n) is 9.98. The lowest BCUT2D eigenvalue weighted by Crippen LogP contribution is -2.94. The van der Waals surface area contributed by atoms with Crippen LogP contribution >= 0.6 is 0 Å². The molecule has 26 heavy (non-hydrogen) atoms. The number of carbonyl (C=O) groups excluding carboxylic acids is 3. The average Bonchev–Trinajstić information content (AvgIpc) is 3.03. The van der Waals surface area contributed by atoms with Gasteiger partial charge in [-0.15, -0.1) is 0 Å². The summed E-state index contributed by atoms with van der Waals surface area (Å²) >= 11 is 0. The Bertz CT molecular complexity index is 834. The maximum Gasteiger partial charge on any atom is 0.314 e. The molecule has 8 atom stereocenters. The summed E-state index contributed by atoms with van der Waals surface area (Å²) in [7, 11) is 1.36. The van der Waals surface area contributed by atoms with E-state index in [4.69, 9.17) is 9.47 Å². The zero-order chi connectivity index (χ0) is 18.5. The van der Waals surface area contributed by atoms with Crippen LogP contribution in [0.1, 0.15) is 59.3 Å². The lowest BCUT2D eigenvalue weighted by Gasteiger charge is -2.82. The highest BCUT2D eigenvalue weighted by Crippen LogP contribution is 2.91. The summed E-state index contributed by atoms with van der Waals surface area (Å²) in [5, 5.41) is 0. The van der Waals surface area contributed by atoms with Gasteiger partial charge in [0.25, 0.3) is 0 Å². The van der Waals surface area contributed by atoms with Gasteiger partial charge in [0, 0.05) is 5.41 Å². The normalized spacial score (nSPS) is 63.5. The summed E-state index contributed by atoms with van der Waals surface area (Å²) in [6, 6.07) is 0. The molecule has 8 rings (SSSR count). The van der Waals surface area contributed by atoms with Gasteiger partial charge in [-0.3, -0.25) is 14.4 Å². The van der Waals surface area contributed by atoms with Gasteiger partial charge < -0.3 is 9.47 Å². The molecule has 8 aliphatic rings. The maximum absolute atomic E-state index is 13.6. The number of carbonyl (C=O) groups is 3. The largest absolute Gasteiger partial charge is 0.469 e. The Morgan fingerprint density at radius 2 is 1.77 bits per heavy atom. The molecule has 0 aromatic carbocycles. The molecule has 0 aromatic heterocycles. The fourth-order valence-electron chi connectivity index (χ4n) is 9.13. The summed E-state index contributed by atoms with van der Waals surface area (Å²) in [6.45, 7) is 6.19. The third-order valence-electron chi connectivity index (χ3n) is 10.3. The van der Waals surface area contributed by atoms with Crippen molar-refractivity contribution in [3.05, 3.63) is 0 Å². The van der Waals surface area contributed by atoms with Crippen molar-refractivity contribution >= 4 is 17.5 Å². The molecular formula is C21H26O5. The topological polar surface area (TPSA) is 69.7 Å². The third kappa shape index (κ3) is 1.02. The van der Waals surface area contributed by atoms with Crippen LogP contribution in [0.25, 0.3) is 0 Å². The second-order valence-electron chi connectivity index (χ2n) is 10.7. The van der Waals surface area contributed by atoms with Gasteiger partial charge in [0.05, 0.1) is 18.1 Å². The number of Topliss-reactive ketones (excluding diaryl/α,β-unsaturated/α-hetero) is 2. The van der Waals surface area contributed by atoms with Gasteiger partial charge in [-0.25, -0.2) is 0 Å². The summed E-state index contributed by atoms with van der Waals surface area (Å²) in [5.74, 6) is 0.0594. The van der Waals surface area contributed by atoms with Crippen molar-refractivity contribution in [3.63, 3.8) is 0 Å². The number of ketones is 2. The lowest BCUT2D eigenvalue weighted by molar-refractivity contribution is -0.443. The van der Waals surface area contributed by atoms with Crippen LogP contribution in [0.2, 0.25) is 0 Å². The number of fused-ring (bicyclic) bond motifs is 1. The zero-order valence-corrected chi connectivity index (χ0v) is 15.9. The van der Waals surface area contributed by atoms with Crippen molar-refractivity contribution in [2.24, 2.45) is 33.5 Å². The van der Waals surface area contributed by atoms with Crippen molar-refractivity contribution in [2.75, 3.05) is 7.11 Å². The molecule has 6 bridgehead atoms. The van der Waals surface area contributed by atoms with E-state index in [1.165, 1.54) is 7.11 Å². The summed E-state index contributed by atoms with van der Waals surface area (Å²) in [4.78, 5) is 39.9. The van der Waals surface area contributed by atoms with Gasteiger partial charge in [0.15, 0.2) is 5.60 Å². The van der Waals surface area contributed by atoms with Crippen LogP contribution in [-0.4, -0.2) is 35.8 Å². The van der Waals surface area contributed by atoms with Crippen LogP contribution in [0.3, 0.4) is 0 Å². The molecule has 3 spiro atoms. The van der Waals surface area contributed by atoms with Gasteiger partial charge in [-0.05, 0) is 56.3 Å². The van der Waals surface area contributed by atoms with Crippen LogP contribution in [0, 0.1) is 33.5 Å². The minimum Gasteiger partial charge on any atom is -0.469 e. The van der Waals surface area contributed by atoms with E-state index in [0.29, 0.717) is 18.3 Å². The van der Waals surface area contributed by atoms with Crippen LogP contribution in [0.5, 0.6) is 0 Å². The summed E-state index contributed by atoms with van der Waals surface area (Å²) in [5.41, 5.74) is -3.86. The second kappa shape index (κ2) is 3.69. The lowest BCUT2D eigenvalue weighted by atomic mass is 9.30. The first-order chi connectivity index (χ1) is 12.1. The molecule has 140 valence electrons. The highest BCUT2D eigenvalue weighted by atomic mass is 16.6. The van der Waals surface area contributed by atoms with E-state index >= 15 is 0 Å². The van der Waals surface area contributed by atoms with E-state index in [9.17, 15) is 14.4 Å². The molecule has 5 heteroatoms. The van der Waals surface area contributed by atoms with Crippen molar-refractivity contribution in [3.8, 4) is 0 Å². The minimum absolute atomic E-state index is 0.219. The standard InChI is InChI=1S/C21H26O5/c1-16-10-19-8-11(16)12(16)9-20(19)18(3)7-5-6-17(2,15(24)25-4)21(18,26-20)14(23)13(19)22/h11-12H,5-10H2,1-4H3/t11?,12?,16?,17?,18?,19-,20+,21-/m0/s1. The van der Waals surface area contributed by atoms with Gasteiger partial charge in [-0.2, -0.15) is 0 Å². The van der Waals surface area contributed by atoms with Crippen molar-refractivity contribution in [1.29, 1.82) is 0 Å². The van der Waals surface area contributed by atoms with Crippen LogP contribution in [0.15, 0.2) is 0 Å². The molecule has 5 nitrogen and oxygen atoms in total. The average molecular weight is 358 g/mol. The fourth-order valence-corrected chi connectivity index (χ4v) is 9.13. The maximum atomic E-state index is 13.6. The van der Waals surface area contributed by atoms with E-state index in [2.05, 4.69) is 13.8 Å². The van der Waals surface area contributed by atoms with Crippen molar-refractivity contribution in [2.45, 2.75) is 70.5 Å². The van der Waals surface area contributed by atoms with Crippen molar-refractivity contribution < 1.29 is 23.9 Å². The first-order valence-corrected chi connectivity index (χ1v) is 9.98. The number of rotatable bonds is 1. The van der Waals surface area contributed by atoms with Gasteiger partial charge >= 0.3 is 5.97 Å². The SMILES string of the molecule is COC(=O)C1(C)CCCC2(C)[C@@]13O[C@]21CC2C4C[C@]1(CC42C)C(=O)C3=O. The second-order valence-corrected chi connectivity index (χ2v) is 10.7. The first kappa shape index (κ1) is 15.8. The highest BCUT2D eigenvalue weighted by Gasteiger charge is 2.98. The molecular weight excluding hydrogens is 332 g/mol. The molecule has 0 aromatic rings. The molecule has 6 aliphatic carbocycles. The Morgan fingerprint density at radius 3 is 2.38 bits per heavy atom. The zero-order valence-electron chi connectivity index (χ0n) is 15.9. The highest BCUT2D eigenvalue weighted by molar-refractivity contribution is 6.45. The Hall–Kier alpha value is -1.23. The number of esters is 1. The molecule has 2 aliphatic heterocycles. The van der Waals surface area contributed by atoms with Gasteiger partial charge in [-0.1, -0.05) is 20.3 Å². The predicted molar refractivity (Wildman–Crippen MR) is 90.0 cm³/mol. The van der Waals surface area contributed by atoms with E-state index in [1.54, 1.807) is 6.92 Å². The van der Waals surface area contributed by atoms with E-state index in [1.807, 2.05) is 0 Å². The molecule has 5 unspecified atom stereocenters. The third-order valence-corrected chi connectivity index (χ3v) is 10.3. The minimum atomic E-state index is -1.33.